The van der Waals surface area contributed by atoms with Gasteiger partial charge in [-0.2, -0.15) is 23.3 Å². The number of alkyl halides is 3. The van der Waals surface area contributed by atoms with Crippen LogP contribution in [0.2, 0.25) is 0 Å². The minimum Gasteiger partial charge on any atom is -0.378 e. The number of rotatable bonds is 3. The molecular formula is C19H16F3N3O. The molecule has 1 amide bonds. The van der Waals surface area contributed by atoms with Crippen LogP contribution in [0, 0.1) is 0 Å². The van der Waals surface area contributed by atoms with Crippen LogP contribution < -0.4 is 9.91 Å². The van der Waals surface area contributed by atoms with Crippen LogP contribution in [-0.4, -0.2) is 31.9 Å². The first kappa shape index (κ1) is 17.7. The molecule has 0 radical (unpaired) electrons. The highest BCUT2D eigenvalue weighted by Gasteiger charge is 2.46. The van der Waals surface area contributed by atoms with Crippen LogP contribution in [0.1, 0.15) is 5.56 Å². The molecule has 0 fully saturated rings. The Kier molecular flexibility index (Phi) is 4.54. The standard InChI is InChI=1S/C19H16F3N3O/c1-24(2)14-10-8-13(9-11-14)12-16-17(19(20,21)22)23-25(18(16)26)15-6-4-3-5-7-15/h3-12H,1-2H3/b16-12-. The zero-order chi connectivity index (χ0) is 18.9. The first-order valence-corrected chi connectivity index (χ1v) is 7.82. The van der Waals surface area contributed by atoms with Gasteiger partial charge in [0.2, 0.25) is 0 Å². The Bertz CT molecular complexity index is 869. The monoisotopic (exact) mass is 359 g/mol. The third-order valence-corrected chi connectivity index (χ3v) is 3.87. The maximum atomic E-state index is 13.4. The second-order valence-electron chi connectivity index (χ2n) is 5.94. The molecule has 0 saturated carbocycles. The lowest BCUT2D eigenvalue weighted by atomic mass is 10.1. The minimum atomic E-state index is -4.73. The first-order valence-electron chi connectivity index (χ1n) is 7.82. The summed E-state index contributed by atoms with van der Waals surface area (Å²) in [6.45, 7) is 0. The summed E-state index contributed by atoms with van der Waals surface area (Å²) in [5.41, 5.74) is 0.0129. The summed E-state index contributed by atoms with van der Waals surface area (Å²) in [7, 11) is 3.72. The Balaban J connectivity index is 2.02. The predicted octanol–water partition coefficient (Wildman–Crippen LogP) is 4.10. The number of hydrogen-bond donors (Lipinski definition) is 0. The molecule has 0 aliphatic carbocycles. The van der Waals surface area contributed by atoms with Gasteiger partial charge in [0.1, 0.15) is 0 Å². The van der Waals surface area contributed by atoms with E-state index in [0.717, 1.165) is 10.7 Å². The van der Waals surface area contributed by atoms with E-state index in [4.69, 9.17) is 0 Å². The predicted molar refractivity (Wildman–Crippen MR) is 96.2 cm³/mol. The van der Waals surface area contributed by atoms with E-state index in [-0.39, 0.29) is 5.69 Å². The van der Waals surface area contributed by atoms with E-state index < -0.39 is 23.4 Å². The zero-order valence-corrected chi connectivity index (χ0v) is 14.2. The molecule has 2 aromatic carbocycles. The Morgan fingerprint density at radius 2 is 1.62 bits per heavy atom. The molecule has 7 heteroatoms. The normalized spacial score (nSPS) is 16.2. The van der Waals surface area contributed by atoms with E-state index in [1.54, 1.807) is 42.5 Å². The maximum absolute atomic E-state index is 13.4. The lowest BCUT2D eigenvalue weighted by Gasteiger charge is -2.12. The van der Waals surface area contributed by atoms with Crippen molar-refractivity contribution in [3.05, 3.63) is 65.7 Å². The molecular weight excluding hydrogens is 343 g/mol. The maximum Gasteiger partial charge on any atom is 0.435 e. The average Bonchev–Trinajstić information content (AvgIpc) is 2.93. The lowest BCUT2D eigenvalue weighted by molar-refractivity contribution is -0.114. The van der Waals surface area contributed by atoms with E-state index in [2.05, 4.69) is 5.10 Å². The van der Waals surface area contributed by atoms with E-state index in [9.17, 15) is 18.0 Å². The quantitative estimate of drug-likeness (QED) is 0.774. The second kappa shape index (κ2) is 6.67. The topological polar surface area (TPSA) is 35.9 Å². The molecule has 26 heavy (non-hydrogen) atoms. The number of hydrogen-bond acceptors (Lipinski definition) is 3. The van der Waals surface area contributed by atoms with Crippen LogP contribution in [0.15, 0.2) is 65.3 Å². The summed E-state index contributed by atoms with van der Waals surface area (Å²) in [4.78, 5) is 14.4. The Morgan fingerprint density at radius 1 is 1.00 bits per heavy atom. The summed E-state index contributed by atoms with van der Waals surface area (Å²) in [5, 5.41) is 4.31. The molecule has 1 heterocycles. The van der Waals surface area contributed by atoms with Gasteiger partial charge in [0.05, 0.1) is 11.3 Å². The molecule has 1 aliphatic heterocycles. The number of nitrogens with zero attached hydrogens (tertiary/aromatic N) is 3. The summed E-state index contributed by atoms with van der Waals surface area (Å²) in [6.07, 6.45) is -3.51. The third-order valence-electron chi connectivity index (χ3n) is 3.87. The smallest absolute Gasteiger partial charge is 0.378 e. The van der Waals surface area contributed by atoms with E-state index in [1.165, 1.54) is 18.2 Å². The molecule has 134 valence electrons. The van der Waals surface area contributed by atoms with Gasteiger partial charge in [0.15, 0.2) is 5.71 Å². The summed E-state index contributed by atoms with van der Waals surface area (Å²) < 4.78 is 40.2. The van der Waals surface area contributed by atoms with Gasteiger partial charge in [-0.05, 0) is 35.9 Å². The number of para-hydroxylation sites is 1. The Morgan fingerprint density at radius 3 is 2.15 bits per heavy atom. The SMILES string of the molecule is CN(C)c1ccc(/C=C2\C(=O)N(c3ccccc3)N=C2C(F)(F)F)cc1. The molecule has 0 aromatic heterocycles. The van der Waals surface area contributed by atoms with Crippen molar-refractivity contribution in [1.29, 1.82) is 0 Å². The number of carbonyl (C=O) groups is 1. The van der Waals surface area contributed by atoms with Gasteiger partial charge < -0.3 is 4.90 Å². The number of carbonyl (C=O) groups excluding carboxylic acids is 1. The highest BCUT2D eigenvalue weighted by Crippen LogP contribution is 2.32. The number of amides is 1. The van der Waals surface area contributed by atoms with Gasteiger partial charge in [-0.1, -0.05) is 30.3 Å². The summed E-state index contributed by atoms with van der Waals surface area (Å²) in [5.74, 6) is -0.805. The highest BCUT2D eigenvalue weighted by molar-refractivity contribution is 6.34. The van der Waals surface area contributed by atoms with E-state index >= 15 is 0 Å². The van der Waals surface area contributed by atoms with Crippen molar-refractivity contribution in [2.24, 2.45) is 5.10 Å². The fourth-order valence-electron chi connectivity index (χ4n) is 2.53. The molecule has 4 nitrogen and oxygen atoms in total. The number of halogens is 3. The summed E-state index contributed by atoms with van der Waals surface area (Å²) >= 11 is 0. The molecule has 0 spiro atoms. The molecule has 0 atom stereocenters. The Labute approximate surface area is 148 Å². The van der Waals surface area contributed by atoms with Crippen molar-refractivity contribution >= 4 is 29.1 Å². The summed E-state index contributed by atoms with van der Waals surface area (Å²) in [6, 6.07) is 14.9. The average molecular weight is 359 g/mol. The van der Waals surface area contributed by atoms with Crippen LogP contribution in [0.4, 0.5) is 24.5 Å². The fraction of sp³-hybridized carbons (Fsp3) is 0.158. The largest absolute Gasteiger partial charge is 0.435 e. The molecule has 0 bridgehead atoms. The fourth-order valence-corrected chi connectivity index (χ4v) is 2.53. The van der Waals surface area contributed by atoms with Crippen molar-refractivity contribution in [3.63, 3.8) is 0 Å². The van der Waals surface area contributed by atoms with Gasteiger partial charge in [-0.3, -0.25) is 4.79 Å². The van der Waals surface area contributed by atoms with E-state index in [1.807, 2.05) is 19.0 Å². The van der Waals surface area contributed by atoms with Crippen molar-refractivity contribution in [1.82, 2.24) is 0 Å². The van der Waals surface area contributed by atoms with Crippen molar-refractivity contribution in [2.75, 3.05) is 24.0 Å². The number of benzene rings is 2. The molecule has 2 aromatic rings. The highest BCUT2D eigenvalue weighted by atomic mass is 19.4. The second-order valence-corrected chi connectivity index (χ2v) is 5.94. The zero-order valence-electron chi connectivity index (χ0n) is 14.2. The number of hydrazone groups is 1. The van der Waals surface area contributed by atoms with Crippen molar-refractivity contribution < 1.29 is 18.0 Å². The van der Waals surface area contributed by atoms with Gasteiger partial charge in [0.25, 0.3) is 5.91 Å². The first-order chi connectivity index (χ1) is 12.3. The molecule has 0 saturated heterocycles. The van der Waals surface area contributed by atoms with Crippen molar-refractivity contribution in [3.8, 4) is 0 Å². The van der Waals surface area contributed by atoms with Gasteiger partial charge >= 0.3 is 6.18 Å². The lowest BCUT2D eigenvalue weighted by Crippen LogP contribution is -2.25. The van der Waals surface area contributed by atoms with Gasteiger partial charge in [0, 0.05) is 19.8 Å². The molecule has 3 rings (SSSR count). The third kappa shape index (κ3) is 3.46. The van der Waals surface area contributed by atoms with Gasteiger partial charge in [-0.25, -0.2) is 0 Å². The van der Waals surface area contributed by atoms with Crippen LogP contribution in [0.25, 0.3) is 6.08 Å². The van der Waals surface area contributed by atoms with E-state index in [0.29, 0.717) is 5.56 Å². The minimum absolute atomic E-state index is 0.283. The van der Waals surface area contributed by atoms with Gasteiger partial charge in [-0.15, -0.1) is 0 Å². The van der Waals surface area contributed by atoms with Crippen LogP contribution >= 0.6 is 0 Å². The Hall–Kier alpha value is -3.09. The van der Waals surface area contributed by atoms with Crippen LogP contribution in [0.5, 0.6) is 0 Å². The van der Waals surface area contributed by atoms with Crippen LogP contribution in [0.3, 0.4) is 0 Å². The molecule has 1 aliphatic rings. The molecule has 0 unspecified atom stereocenters. The number of anilines is 2. The van der Waals surface area contributed by atoms with Crippen molar-refractivity contribution in [2.45, 2.75) is 6.18 Å². The van der Waals surface area contributed by atoms with Crippen LogP contribution in [-0.2, 0) is 4.79 Å². The molecule has 0 N–H and O–H groups in total.